The highest BCUT2D eigenvalue weighted by molar-refractivity contribution is 5.81. The summed E-state index contributed by atoms with van der Waals surface area (Å²) in [4.78, 5) is 14.1. The number of carbonyl (C=O) groups is 1. The molecule has 1 aromatic rings. The Balaban J connectivity index is 1.87. The van der Waals surface area contributed by atoms with Gasteiger partial charge in [-0.05, 0) is 44.5 Å². The van der Waals surface area contributed by atoms with Crippen molar-refractivity contribution in [2.45, 2.75) is 51.2 Å². The van der Waals surface area contributed by atoms with E-state index in [9.17, 15) is 9.18 Å². The zero-order valence-corrected chi connectivity index (χ0v) is 12.2. The van der Waals surface area contributed by atoms with E-state index in [-0.39, 0.29) is 17.8 Å². The number of carbonyl (C=O) groups excluding carboxylic acids is 1. The number of halogens is 1. The Morgan fingerprint density at radius 3 is 2.80 bits per heavy atom. The highest BCUT2D eigenvalue weighted by atomic mass is 19.1. The molecule has 1 unspecified atom stereocenters. The minimum atomic E-state index is -0.237. The average molecular weight is 278 g/mol. The highest BCUT2D eigenvalue weighted by Gasteiger charge is 2.23. The number of rotatable bonds is 5. The molecule has 2 rings (SSSR count). The zero-order valence-electron chi connectivity index (χ0n) is 12.2. The third kappa shape index (κ3) is 4.04. The van der Waals surface area contributed by atoms with Crippen molar-refractivity contribution in [2.75, 3.05) is 7.05 Å². The van der Waals surface area contributed by atoms with Crippen LogP contribution in [0, 0.1) is 5.82 Å². The van der Waals surface area contributed by atoms with Gasteiger partial charge in [0.1, 0.15) is 5.82 Å². The average Bonchev–Trinajstić information content (AvgIpc) is 2.90. The summed E-state index contributed by atoms with van der Waals surface area (Å²) in [5, 5.41) is 3.10. The van der Waals surface area contributed by atoms with Crippen molar-refractivity contribution in [1.29, 1.82) is 0 Å². The van der Waals surface area contributed by atoms with E-state index in [1.165, 1.54) is 25.0 Å². The standard InChI is InChI=1S/C16H23FN2O/c1-12(16(20)18-15-8-3-4-9-15)19(2)11-13-6-5-7-14(17)10-13/h5-7,10,12,15H,3-4,8-9,11H2,1-2H3,(H,18,20). The molecule has 0 bridgehead atoms. The smallest absolute Gasteiger partial charge is 0.237 e. The summed E-state index contributed by atoms with van der Waals surface area (Å²) in [6, 6.07) is 6.65. The third-order valence-electron chi connectivity index (χ3n) is 4.06. The number of hydrogen-bond donors (Lipinski definition) is 1. The molecular weight excluding hydrogens is 255 g/mol. The fraction of sp³-hybridized carbons (Fsp3) is 0.562. The molecule has 1 fully saturated rings. The molecule has 1 aliphatic carbocycles. The van der Waals surface area contributed by atoms with Crippen LogP contribution in [-0.2, 0) is 11.3 Å². The second kappa shape index (κ2) is 6.84. The quantitative estimate of drug-likeness (QED) is 0.898. The summed E-state index contributed by atoms with van der Waals surface area (Å²) in [5.41, 5.74) is 0.882. The monoisotopic (exact) mass is 278 g/mol. The first-order valence-corrected chi connectivity index (χ1v) is 7.31. The lowest BCUT2D eigenvalue weighted by atomic mass is 10.1. The Bertz CT molecular complexity index is 458. The fourth-order valence-corrected chi connectivity index (χ4v) is 2.65. The maximum Gasteiger partial charge on any atom is 0.237 e. The Morgan fingerprint density at radius 1 is 1.45 bits per heavy atom. The molecule has 1 N–H and O–H groups in total. The van der Waals surface area contributed by atoms with Crippen LogP contribution in [0.25, 0.3) is 0 Å². The second-order valence-corrected chi connectivity index (χ2v) is 5.71. The van der Waals surface area contributed by atoms with Gasteiger partial charge >= 0.3 is 0 Å². The molecule has 1 aromatic carbocycles. The van der Waals surface area contributed by atoms with Crippen LogP contribution in [0.1, 0.15) is 38.2 Å². The minimum absolute atomic E-state index is 0.0656. The van der Waals surface area contributed by atoms with Crippen molar-refractivity contribution in [2.24, 2.45) is 0 Å². The van der Waals surface area contributed by atoms with Gasteiger partial charge in [0, 0.05) is 12.6 Å². The van der Waals surface area contributed by atoms with Crippen molar-refractivity contribution < 1.29 is 9.18 Å². The lowest BCUT2D eigenvalue weighted by molar-refractivity contribution is -0.126. The molecule has 0 spiro atoms. The van der Waals surface area contributed by atoms with Crippen LogP contribution in [-0.4, -0.2) is 29.9 Å². The molecule has 3 nitrogen and oxygen atoms in total. The minimum Gasteiger partial charge on any atom is -0.352 e. The van der Waals surface area contributed by atoms with Crippen molar-refractivity contribution in [3.05, 3.63) is 35.6 Å². The van der Waals surface area contributed by atoms with Gasteiger partial charge in [0.2, 0.25) is 5.91 Å². The summed E-state index contributed by atoms with van der Waals surface area (Å²) in [6.45, 7) is 2.46. The Hall–Kier alpha value is -1.42. The van der Waals surface area contributed by atoms with Gasteiger partial charge in [-0.3, -0.25) is 9.69 Å². The van der Waals surface area contributed by atoms with E-state index in [4.69, 9.17) is 0 Å². The van der Waals surface area contributed by atoms with E-state index < -0.39 is 0 Å². The van der Waals surface area contributed by atoms with Crippen LogP contribution in [0.5, 0.6) is 0 Å². The van der Waals surface area contributed by atoms with E-state index in [1.54, 1.807) is 6.07 Å². The maximum atomic E-state index is 13.2. The molecule has 0 aliphatic heterocycles. The van der Waals surface area contributed by atoms with Gasteiger partial charge in [-0.15, -0.1) is 0 Å². The summed E-state index contributed by atoms with van der Waals surface area (Å²) in [7, 11) is 1.89. The van der Waals surface area contributed by atoms with Gasteiger partial charge in [-0.2, -0.15) is 0 Å². The fourth-order valence-electron chi connectivity index (χ4n) is 2.65. The molecule has 0 aromatic heterocycles. The van der Waals surface area contributed by atoms with Gasteiger partial charge in [-0.1, -0.05) is 25.0 Å². The van der Waals surface area contributed by atoms with Crippen LogP contribution in [0.3, 0.4) is 0 Å². The van der Waals surface area contributed by atoms with Crippen molar-refractivity contribution in [3.8, 4) is 0 Å². The van der Waals surface area contributed by atoms with E-state index in [0.717, 1.165) is 18.4 Å². The summed E-state index contributed by atoms with van der Waals surface area (Å²) >= 11 is 0. The Morgan fingerprint density at radius 2 is 2.15 bits per heavy atom. The highest BCUT2D eigenvalue weighted by Crippen LogP contribution is 2.18. The van der Waals surface area contributed by atoms with Gasteiger partial charge in [0.05, 0.1) is 6.04 Å². The number of nitrogens with one attached hydrogen (secondary N) is 1. The lowest BCUT2D eigenvalue weighted by Crippen LogP contribution is -2.46. The summed E-state index contributed by atoms with van der Waals surface area (Å²) in [6.07, 6.45) is 4.59. The first-order chi connectivity index (χ1) is 9.56. The zero-order chi connectivity index (χ0) is 14.5. The molecule has 0 saturated heterocycles. The van der Waals surface area contributed by atoms with Gasteiger partial charge in [0.25, 0.3) is 0 Å². The first-order valence-electron chi connectivity index (χ1n) is 7.31. The topological polar surface area (TPSA) is 32.3 Å². The molecule has 1 saturated carbocycles. The molecule has 0 heterocycles. The molecular formula is C16H23FN2O. The van der Waals surface area contributed by atoms with Crippen LogP contribution in [0.2, 0.25) is 0 Å². The van der Waals surface area contributed by atoms with Crippen LogP contribution in [0.15, 0.2) is 24.3 Å². The van der Waals surface area contributed by atoms with Crippen LogP contribution >= 0.6 is 0 Å². The maximum absolute atomic E-state index is 13.2. The van der Waals surface area contributed by atoms with Gasteiger partial charge in [-0.25, -0.2) is 4.39 Å². The molecule has 0 radical (unpaired) electrons. The van der Waals surface area contributed by atoms with Gasteiger partial charge in [0.15, 0.2) is 0 Å². The number of nitrogens with zero attached hydrogens (tertiary/aromatic N) is 1. The van der Waals surface area contributed by atoms with Crippen LogP contribution < -0.4 is 5.32 Å². The number of amides is 1. The van der Waals surface area contributed by atoms with Crippen LogP contribution in [0.4, 0.5) is 4.39 Å². The Labute approximate surface area is 120 Å². The number of hydrogen-bond acceptors (Lipinski definition) is 2. The van der Waals surface area contributed by atoms with Crippen molar-refractivity contribution in [3.63, 3.8) is 0 Å². The second-order valence-electron chi connectivity index (χ2n) is 5.71. The van der Waals surface area contributed by atoms with Crippen molar-refractivity contribution >= 4 is 5.91 Å². The summed E-state index contributed by atoms with van der Waals surface area (Å²) < 4.78 is 13.2. The number of likely N-dealkylation sites (N-methyl/N-ethyl adjacent to an activating group) is 1. The number of benzene rings is 1. The van der Waals surface area contributed by atoms with Gasteiger partial charge < -0.3 is 5.32 Å². The molecule has 1 atom stereocenters. The van der Waals surface area contributed by atoms with E-state index in [1.807, 2.05) is 24.9 Å². The molecule has 1 amide bonds. The SMILES string of the molecule is CC(C(=O)NC1CCCC1)N(C)Cc1cccc(F)c1. The molecule has 1 aliphatic rings. The largest absolute Gasteiger partial charge is 0.352 e. The molecule has 110 valence electrons. The molecule has 4 heteroatoms. The predicted octanol–water partition coefficient (Wildman–Crippen LogP) is 2.70. The van der Waals surface area contributed by atoms with E-state index in [0.29, 0.717) is 12.6 Å². The lowest BCUT2D eigenvalue weighted by Gasteiger charge is -2.25. The Kier molecular flexibility index (Phi) is 5.12. The van der Waals surface area contributed by atoms with E-state index >= 15 is 0 Å². The normalized spacial score (nSPS) is 17.4. The summed E-state index contributed by atoms with van der Waals surface area (Å²) in [5.74, 6) is -0.172. The molecule has 20 heavy (non-hydrogen) atoms. The third-order valence-corrected chi connectivity index (χ3v) is 4.06. The first kappa shape index (κ1) is 15.0. The van der Waals surface area contributed by atoms with E-state index in [2.05, 4.69) is 5.32 Å². The predicted molar refractivity (Wildman–Crippen MR) is 77.7 cm³/mol. The van der Waals surface area contributed by atoms with Crippen molar-refractivity contribution in [1.82, 2.24) is 10.2 Å².